The highest BCUT2D eigenvalue weighted by atomic mass is 19.1. The first-order valence-electron chi connectivity index (χ1n) is 6.96. The van der Waals surface area contributed by atoms with Crippen LogP contribution in [0.4, 0.5) is 4.39 Å². The lowest BCUT2D eigenvalue weighted by Crippen LogP contribution is -2.37. The fraction of sp³-hybridized carbons (Fsp3) is 0.667. The molecule has 4 heteroatoms. The van der Waals surface area contributed by atoms with Crippen LogP contribution in [0.1, 0.15) is 45.2 Å². The molecule has 1 fully saturated rings. The highest BCUT2D eigenvalue weighted by molar-refractivity contribution is 5.14. The number of aromatic nitrogens is 1. The van der Waals surface area contributed by atoms with E-state index >= 15 is 0 Å². The normalized spacial score (nSPS) is 20.3. The van der Waals surface area contributed by atoms with Crippen molar-refractivity contribution in [3.05, 3.63) is 29.8 Å². The van der Waals surface area contributed by atoms with Crippen molar-refractivity contribution in [2.24, 2.45) is 11.3 Å². The van der Waals surface area contributed by atoms with Crippen molar-refractivity contribution in [1.29, 1.82) is 0 Å². The number of hydrogen-bond acceptors (Lipinski definition) is 3. The second-order valence-corrected chi connectivity index (χ2v) is 6.09. The molecule has 0 aromatic carbocycles. The van der Waals surface area contributed by atoms with Gasteiger partial charge in [0, 0.05) is 24.2 Å². The smallest absolute Gasteiger partial charge is 0.141 e. The average molecular weight is 266 g/mol. The zero-order chi connectivity index (χ0) is 14.0. The quantitative estimate of drug-likeness (QED) is 0.832. The van der Waals surface area contributed by atoms with Crippen LogP contribution in [-0.4, -0.2) is 22.7 Å². The van der Waals surface area contributed by atoms with E-state index in [1.54, 1.807) is 6.20 Å². The predicted molar refractivity (Wildman–Crippen MR) is 73.1 cm³/mol. The van der Waals surface area contributed by atoms with Gasteiger partial charge in [-0.05, 0) is 37.3 Å². The van der Waals surface area contributed by atoms with Crippen molar-refractivity contribution >= 4 is 0 Å². The van der Waals surface area contributed by atoms with Gasteiger partial charge in [-0.3, -0.25) is 4.98 Å². The summed E-state index contributed by atoms with van der Waals surface area (Å²) in [5.41, 5.74) is 0.859. The van der Waals surface area contributed by atoms with Gasteiger partial charge in [0.05, 0.1) is 12.3 Å². The molecule has 0 radical (unpaired) electrons. The van der Waals surface area contributed by atoms with Crippen LogP contribution in [0.5, 0.6) is 0 Å². The number of aliphatic hydroxyl groups excluding tert-OH is 1. The summed E-state index contributed by atoms with van der Waals surface area (Å²) in [6.07, 6.45) is 4.75. The van der Waals surface area contributed by atoms with E-state index in [4.69, 9.17) is 0 Å². The van der Waals surface area contributed by atoms with Crippen molar-refractivity contribution in [2.45, 2.75) is 45.8 Å². The summed E-state index contributed by atoms with van der Waals surface area (Å²) < 4.78 is 13.1. The van der Waals surface area contributed by atoms with Crippen molar-refractivity contribution in [2.75, 3.05) is 6.54 Å². The van der Waals surface area contributed by atoms with Crippen LogP contribution in [0, 0.1) is 17.2 Å². The second kappa shape index (κ2) is 5.55. The molecular weight excluding hydrogens is 243 g/mol. The number of halogens is 1. The maximum absolute atomic E-state index is 13.1. The van der Waals surface area contributed by atoms with Gasteiger partial charge in [0.25, 0.3) is 0 Å². The standard InChI is InChI=1S/C15H23FN2O/c1-10(2)14(19)15(4-5-15)9-18-11(3)12-6-13(16)8-17-7-12/h6-8,10-11,14,18-19H,4-5,9H2,1-3H3/t11-,14-/m1/s1. The molecule has 1 aromatic heterocycles. The molecule has 0 aliphatic heterocycles. The van der Waals surface area contributed by atoms with Crippen LogP contribution in [0.25, 0.3) is 0 Å². The zero-order valence-corrected chi connectivity index (χ0v) is 11.9. The molecule has 0 amide bonds. The van der Waals surface area contributed by atoms with Gasteiger partial charge in [-0.25, -0.2) is 4.39 Å². The summed E-state index contributed by atoms with van der Waals surface area (Å²) in [6.45, 7) is 6.85. The molecule has 0 saturated heterocycles. The van der Waals surface area contributed by atoms with Crippen LogP contribution in [0.15, 0.2) is 18.5 Å². The van der Waals surface area contributed by atoms with Gasteiger partial charge in [-0.15, -0.1) is 0 Å². The van der Waals surface area contributed by atoms with Crippen molar-refractivity contribution in [1.82, 2.24) is 10.3 Å². The average Bonchev–Trinajstić information content (AvgIpc) is 3.16. The minimum absolute atomic E-state index is 0.0170. The third-order valence-corrected chi connectivity index (χ3v) is 4.14. The third-order valence-electron chi connectivity index (χ3n) is 4.14. The Morgan fingerprint density at radius 2 is 2.05 bits per heavy atom. The van der Waals surface area contributed by atoms with Gasteiger partial charge in [-0.1, -0.05) is 13.8 Å². The Morgan fingerprint density at radius 1 is 1.37 bits per heavy atom. The Labute approximate surface area is 114 Å². The highest BCUT2D eigenvalue weighted by Crippen LogP contribution is 2.50. The fourth-order valence-electron chi connectivity index (χ4n) is 2.58. The summed E-state index contributed by atoms with van der Waals surface area (Å²) in [4.78, 5) is 3.86. The molecule has 1 aromatic rings. The Balaban J connectivity index is 1.92. The predicted octanol–water partition coefficient (Wildman–Crippen LogP) is 2.67. The lowest BCUT2D eigenvalue weighted by atomic mass is 9.90. The fourth-order valence-corrected chi connectivity index (χ4v) is 2.58. The Kier molecular flexibility index (Phi) is 4.21. The molecule has 19 heavy (non-hydrogen) atoms. The first kappa shape index (κ1) is 14.4. The van der Waals surface area contributed by atoms with E-state index in [0.717, 1.165) is 24.9 Å². The van der Waals surface area contributed by atoms with Crippen LogP contribution in [-0.2, 0) is 0 Å². The van der Waals surface area contributed by atoms with Gasteiger partial charge < -0.3 is 10.4 Å². The summed E-state index contributed by atoms with van der Waals surface area (Å²) in [5, 5.41) is 13.6. The first-order chi connectivity index (χ1) is 8.94. The number of nitrogens with one attached hydrogen (secondary N) is 1. The van der Waals surface area contributed by atoms with E-state index in [2.05, 4.69) is 10.3 Å². The number of rotatable bonds is 6. The van der Waals surface area contributed by atoms with E-state index in [-0.39, 0.29) is 29.3 Å². The van der Waals surface area contributed by atoms with Crippen LogP contribution in [0.3, 0.4) is 0 Å². The van der Waals surface area contributed by atoms with Gasteiger partial charge in [-0.2, -0.15) is 0 Å². The molecule has 106 valence electrons. The van der Waals surface area contributed by atoms with Gasteiger partial charge in [0.1, 0.15) is 5.82 Å². The maximum Gasteiger partial charge on any atom is 0.141 e. The molecule has 2 atom stereocenters. The molecule has 1 aliphatic carbocycles. The molecule has 2 N–H and O–H groups in total. The monoisotopic (exact) mass is 266 g/mol. The van der Waals surface area contributed by atoms with E-state index < -0.39 is 0 Å². The molecule has 0 spiro atoms. The molecule has 3 nitrogen and oxygen atoms in total. The second-order valence-electron chi connectivity index (χ2n) is 6.09. The molecule has 2 rings (SSSR count). The largest absolute Gasteiger partial charge is 0.392 e. The van der Waals surface area contributed by atoms with E-state index in [0.29, 0.717) is 0 Å². The highest BCUT2D eigenvalue weighted by Gasteiger charge is 2.49. The van der Waals surface area contributed by atoms with Crippen LogP contribution >= 0.6 is 0 Å². The molecule has 1 aliphatic rings. The number of pyridine rings is 1. The first-order valence-corrected chi connectivity index (χ1v) is 6.96. The summed E-state index contributed by atoms with van der Waals surface area (Å²) in [7, 11) is 0. The van der Waals surface area contributed by atoms with Gasteiger partial charge >= 0.3 is 0 Å². The lowest BCUT2D eigenvalue weighted by molar-refractivity contribution is 0.0491. The van der Waals surface area contributed by atoms with Crippen LogP contribution < -0.4 is 5.32 Å². The summed E-state index contributed by atoms with van der Waals surface area (Å²) in [6, 6.07) is 1.54. The van der Waals surface area contributed by atoms with Crippen molar-refractivity contribution in [3.63, 3.8) is 0 Å². The number of hydrogen-bond donors (Lipinski definition) is 2. The number of nitrogens with zero attached hydrogens (tertiary/aromatic N) is 1. The van der Waals surface area contributed by atoms with Crippen LogP contribution in [0.2, 0.25) is 0 Å². The van der Waals surface area contributed by atoms with Crippen molar-refractivity contribution < 1.29 is 9.50 Å². The van der Waals surface area contributed by atoms with E-state index in [9.17, 15) is 9.50 Å². The van der Waals surface area contributed by atoms with Gasteiger partial charge in [0.15, 0.2) is 0 Å². The minimum Gasteiger partial charge on any atom is -0.392 e. The van der Waals surface area contributed by atoms with E-state index in [1.165, 1.54) is 12.3 Å². The summed E-state index contributed by atoms with van der Waals surface area (Å²) in [5.74, 6) is -0.0371. The molecule has 1 saturated carbocycles. The molecule has 1 heterocycles. The van der Waals surface area contributed by atoms with E-state index in [1.807, 2.05) is 20.8 Å². The number of aliphatic hydroxyl groups is 1. The molecule has 0 bridgehead atoms. The topological polar surface area (TPSA) is 45.1 Å². The zero-order valence-electron chi connectivity index (χ0n) is 11.9. The third kappa shape index (κ3) is 3.31. The Hall–Kier alpha value is -1.00. The SMILES string of the molecule is CC(C)[C@@H](O)C1(CN[C@H](C)c2cncc(F)c2)CC1. The van der Waals surface area contributed by atoms with Crippen molar-refractivity contribution in [3.8, 4) is 0 Å². The molecule has 0 unspecified atom stereocenters. The molecular formula is C15H23FN2O. The minimum atomic E-state index is -0.311. The Bertz CT molecular complexity index is 432. The lowest BCUT2D eigenvalue weighted by Gasteiger charge is -2.27. The van der Waals surface area contributed by atoms with Gasteiger partial charge in [0.2, 0.25) is 0 Å². The Morgan fingerprint density at radius 3 is 2.58 bits per heavy atom. The summed E-state index contributed by atoms with van der Waals surface area (Å²) >= 11 is 0. The maximum atomic E-state index is 13.1.